The van der Waals surface area contributed by atoms with Crippen LogP contribution in [0.1, 0.15) is 0 Å². The van der Waals surface area contributed by atoms with Gasteiger partial charge < -0.3 is 11.1 Å². The second-order valence-electron chi connectivity index (χ2n) is 3.72. The Morgan fingerprint density at radius 3 is 2.26 bits per heavy atom. The van der Waals surface area contributed by atoms with Crippen molar-refractivity contribution in [2.75, 3.05) is 11.1 Å². The average molecular weight is 384 g/mol. The summed E-state index contributed by atoms with van der Waals surface area (Å²) in [6.07, 6.45) is 0. The smallest absolute Gasteiger partial charge is 0.125 e. The number of hydrogen-bond donors (Lipinski definition) is 2. The zero-order valence-electron chi connectivity index (χ0n) is 9.28. The third kappa shape index (κ3) is 3.26. The van der Waals surface area contributed by atoms with E-state index in [0.717, 1.165) is 0 Å². The number of rotatable bonds is 2. The van der Waals surface area contributed by atoms with E-state index in [1.165, 1.54) is 18.2 Å². The highest BCUT2D eigenvalue weighted by Gasteiger charge is 2.11. The lowest BCUT2D eigenvalue weighted by Crippen LogP contribution is -1.98. The minimum atomic E-state index is -0.440. The summed E-state index contributed by atoms with van der Waals surface area (Å²) >= 11 is 21.0. The van der Waals surface area contributed by atoms with Crippen LogP contribution < -0.4 is 11.1 Å². The molecule has 0 bridgehead atoms. The van der Waals surface area contributed by atoms with Crippen molar-refractivity contribution in [3.05, 3.63) is 49.6 Å². The van der Waals surface area contributed by atoms with E-state index in [-0.39, 0.29) is 5.02 Å². The van der Waals surface area contributed by atoms with Gasteiger partial charge in [-0.25, -0.2) is 4.39 Å². The van der Waals surface area contributed by atoms with Gasteiger partial charge in [0.2, 0.25) is 0 Å². The molecule has 0 saturated heterocycles. The van der Waals surface area contributed by atoms with Crippen LogP contribution in [-0.2, 0) is 0 Å². The Hall–Kier alpha value is -0.680. The largest absolute Gasteiger partial charge is 0.397 e. The molecule has 0 radical (unpaired) electrons. The van der Waals surface area contributed by atoms with Crippen LogP contribution in [0.4, 0.5) is 21.5 Å². The molecular weight excluding hydrogens is 377 g/mol. The quantitative estimate of drug-likeness (QED) is 0.635. The summed E-state index contributed by atoms with van der Waals surface area (Å²) in [7, 11) is 0. The Morgan fingerprint density at radius 2 is 1.63 bits per heavy atom. The van der Waals surface area contributed by atoms with E-state index in [0.29, 0.717) is 31.6 Å². The molecule has 0 fully saturated rings. The average Bonchev–Trinajstić information content (AvgIpc) is 2.29. The van der Waals surface area contributed by atoms with Gasteiger partial charge >= 0.3 is 0 Å². The van der Waals surface area contributed by atoms with E-state index in [9.17, 15) is 4.39 Å². The number of halogens is 5. The minimum Gasteiger partial charge on any atom is -0.397 e. The van der Waals surface area contributed by atoms with Gasteiger partial charge in [0.15, 0.2) is 0 Å². The molecule has 0 saturated carbocycles. The van der Waals surface area contributed by atoms with Crippen LogP contribution in [0, 0.1) is 5.82 Å². The molecule has 0 atom stereocenters. The molecule has 2 aromatic carbocycles. The highest BCUT2D eigenvalue weighted by molar-refractivity contribution is 9.10. The van der Waals surface area contributed by atoms with Gasteiger partial charge in [0, 0.05) is 4.47 Å². The van der Waals surface area contributed by atoms with Crippen LogP contribution in [0.3, 0.4) is 0 Å². The van der Waals surface area contributed by atoms with Gasteiger partial charge in [0.05, 0.1) is 32.1 Å². The number of hydrogen-bond acceptors (Lipinski definition) is 2. The zero-order chi connectivity index (χ0) is 14.2. The summed E-state index contributed by atoms with van der Waals surface area (Å²) in [5.41, 5.74) is 7.26. The molecule has 0 spiro atoms. The van der Waals surface area contributed by atoms with Gasteiger partial charge in [0.1, 0.15) is 5.82 Å². The van der Waals surface area contributed by atoms with Crippen LogP contribution >= 0.6 is 50.7 Å². The van der Waals surface area contributed by atoms with E-state index in [1.54, 1.807) is 6.07 Å². The zero-order valence-corrected chi connectivity index (χ0v) is 13.1. The molecule has 0 aliphatic rings. The first kappa shape index (κ1) is 14.7. The molecule has 19 heavy (non-hydrogen) atoms. The van der Waals surface area contributed by atoms with E-state index in [2.05, 4.69) is 21.2 Å². The molecule has 2 nitrogen and oxygen atoms in total. The maximum absolute atomic E-state index is 13.1. The van der Waals surface area contributed by atoms with Crippen molar-refractivity contribution in [3.8, 4) is 0 Å². The van der Waals surface area contributed by atoms with Crippen molar-refractivity contribution in [1.29, 1.82) is 0 Å². The maximum atomic E-state index is 13.1. The third-order valence-electron chi connectivity index (χ3n) is 2.36. The SMILES string of the molecule is Nc1cc(Cl)c(Cl)cc1Nc1c(Cl)cc(F)cc1Br. The van der Waals surface area contributed by atoms with Crippen molar-refractivity contribution in [2.24, 2.45) is 0 Å². The van der Waals surface area contributed by atoms with Crippen molar-refractivity contribution < 1.29 is 4.39 Å². The molecular formula is C12H7BrCl3FN2. The standard InChI is InChI=1S/C12H7BrCl3FN2/c13-6-1-5(17)2-9(16)12(6)19-11-4-8(15)7(14)3-10(11)18/h1-4,19H,18H2. The van der Waals surface area contributed by atoms with Crippen molar-refractivity contribution in [1.82, 2.24) is 0 Å². The van der Waals surface area contributed by atoms with E-state index in [4.69, 9.17) is 40.5 Å². The molecule has 3 N–H and O–H groups in total. The molecule has 100 valence electrons. The van der Waals surface area contributed by atoms with Gasteiger partial charge in [-0.15, -0.1) is 0 Å². The van der Waals surface area contributed by atoms with Crippen molar-refractivity contribution in [3.63, 3.8) is 0 Å². The summed E-state index contributed by atoms with van der Waals surface area (Å²) < 4.78 is 13.6. The summed E-state index contributed by atoms with van der Waals surface area (Å²) in [6, 6.07) is 5.59. The van der Waals surface area contributed by atoms with Gasteiger partial charge in [-0.05, 0) is 40.2 Å². The fraction of sp³-hybridized carbons (Fsp3) is 0. The highest BCUT2D eigenvalue weighted by Crippen LogP contribution is 2.38. The van der Waals surface area contributed by atoms with E-state index in [1.807, 2.05) is 0 Å². The number of nitrogens with two attached hydrogens (primary N) is 1. The number of nitrogen functional groups attached to an aromatic ring is 1. The van der Waals surface area contributed by atoms with Crippen LogP contribution in [0.25, 0.3) is 0 Å². The minimum absolute atomic E-state index is 0.220. The molecule has 0 aromatic heterocycles. The Labute approximate surface area is 132 Å². The first-order valence-corrected chi connectivity index (χ1v) is 6.97. The summed E-state index contributed by atoms with van der Waals surface area (Å²) in [5.74, 6) is -0.440. The maximum Gasteiger partial charge on any atom is 0.125 e. The van der Waals surface area contributed by atoms with Gasteiger partial charge in [-0.1, -0.05) is 34.8 Å². The molecule has 7 heteroatoms. The second-order valence-corrected chi connectivity index (χ2v) is 5.80. The number of anilines is 3. The predicted molar refractivity (Wildman–Crippen MR) is 83.3 cm³/mol. The van der Waals surface area contributed by atoms with Crippen LogP contribution in [0.15, 0.2) is 28.7 Å². The van der Waals surface area contributed by atoms with Gasteiger partial charge in [-0.3, -0.25) is 0 Å². The molecule has 0 aliphatic heterocycles. The normalized spacial score (nSPS) is 10.6. The first-order valence-electron chi connectivity index (χ1n) is 5.04. The molecule has 2 aromatic rings. The molecule has 2 rings (SSSR count). The van der Waals surface area contributed by atoms with Crippen molar-refractivity contribution in [2.45, 2.75) is 0 Å². The van der Waals surface area contributed by atoms with Crippen LogP contribution in [0.2, 0.25) is 15.1 Å². The molecule has 0 unspecified atom stereocenters. The second kappa shape index (κ2) is 5.75. The fourth-order valence-corrected chi connectivity index (χ4v) is 2.70. The van der Waals surface area contributed by atoms with E-state index >= 15 is 0 Å². The Balaban J connectivity index is 2.45. The third-order valence-corrected chi connectivity index (χ3v) is 4.00. The Kier molecular flexibility index (Phi) is 4.46. The highest BCUT2D eigenvalue weighted by atomic mass is 79.9. The Bertz CT molecular complexity index is 626. The van der Waals surface area contributed by atoms with E-state index < -0.39 is 5.82 Å². The van der Waals surface area contributed by atoms with Crippen molar-refractivity contribution >= 4 is 67.8 Å². The molecule has 0 aliphatic carbocycles. The lowest BCUT2D eigenvalue weighted by Gasteiger charge is -2.13. The fourth-order valence-electron chi connectivity index (χ4n) is 1.47. The van der Waals surface area contributed by atoms with Gasteiger partial charge in [0.25, 0.3) is 0 Å². The predicted octanol–water partition coefficient (Wildman–Crippen LogP) is 5.87. The molecule has 0 amide bonds. The van der Waals surface area contributed by atoms with Crippen LogP contribution in [0.5, 0.6) is 0 Å². The molecule has 0 heterocycles. The van der Waals surface area contributed by atoms with Crippen LogP contribution in [-0.4, -0.2) is 0 Å². The number of benzene rings is 2. The monoisotopic (exact) mass is 382 g/mol. The summed E-state index contributed by atoms with van der Waals surface area (Å²) in [4.78, 5) is 0. The lowest BCUT2D eigenvalue weighted by atomic mass is 10.2. The summed E-state index contributed by atoms with van der Waals surface area (Å²) in [5, 5.41) is 3.92. The lowest BCUT2D eigenvalue weighted by molar-refractivity contribution is 0.627. The number of nitrogens with one attached hydrogen (secondary N) is 1. The Morgan fingerprint density at radius 1 is 1.00 bits per heavy atom. The van der Waals surface area contributed by atoms with Gasteiger partial charge in [-0.2, -0.15) is 0 Å². The summed E-state index contributed by atoms with van der Waals surface area (Å²) in [6.45, 7) is 0. The topological polar surface area (TPSA) is 38.0 Å². The first-order chi connectivity index (χ1) is 8.88.